The highest BCUT2D eigenvalue weighted by molar-refractivity contribution is 5.77. The smallest absolute Gasteiger partial charge is 0.323 e. The maximum Gasteiger partial charge on any atom is 0.323 e. The number of amides is 1. The minimum absolute atomic E-state index is 0.195. The summed E-state index contributed by atoms with van der Waals surface area (Å²) in [4.78, 5) is 35.4. The van der Waals surface area contributed by atoms with Crippen LogP contribution in [0.3, 0.4) is 0 Å². The molecule has 0 aliphatic carbocycles. The van der Waals surface area contributed by atoms with Crippen LogP contribution >= 0.6 is 0 Å². The van der Waals surface area contributed by atoms with E-state index in [1.54, 1.807) is 11.0 Å². The van der Waals surface area contributed by atoms with Crippen LogP contribution in [0.5, 0.6) is 0 Å². The minimum Gasteiger partial charge on any atom is -0.338 e. The van der Waals surface area contributed by atoms with Crippen molar-refractivity contribution in [3.8, 4) is 0 Å². The summed E-state index contributed by atoms with van der Waals surface area (Å²) in [6, 6.07) is 6.09. The Morgan fingerprint density at radius 2 is 2.15 bits per heavy atom. The Kier molecular flexibility index (Phi) is 4.55. The summed E-state index contributed by atoms with van der Waals surface area (Å²) in [5.41, 5.74) is 2.55. The molecule has 0 radical (unpaired) electrons. The normalized spacial score (nSPS) is 17.2. The summed E-state index contributed by atoms with van der Waals surface area (Å²) in [6.07, 6.45) is 7.43. The van der Waals surface area contributed by atoms with Crippen molar-refractivity contribution in [2.24, 2.45) is 0 Å². The lowest BCUT2D eigenvalue weighted by molar-refractivity contribution is -0.132. The van der Waals surface area contributed by atoms with Crippen molar-refractivity contribution in [2.75, 3.05) is 6.54 Å². The fraction of sp³-hybridized carbons (Fsp3) is 0.444. The first-order valence-corrected chi connectivity index (χ1v) is 9.02. The van der Waals surface area contributed by atoms with E-state index in [9.17, 15) is 9.59 Å². The molecule has 4 rings (SSSR count). The third kappa shape index (κ3) is 3.54. The molecular weight excluding hydrogens is 332 g/mol. The molecule has 0 spiro atoms. The van der Waals surface area contributed by atoms with Gasteiger partial charge in [-0.2, -0.15) is 5.10 Å². The lowest BCUT2D eigenvalue weighted by Gasteiger charge is -2.24. The molecule has 136 valence electrons. The number of fused-ring (bicyclic) bond motifs is 1. The standard InChI is InChI=1S/C18H22N6O2/c25-17(24-8-2-4-14(24)10-23-12-19-11-20-23)5-1-3-13-6-7-15-16(9-13)22-18(26)21-15/h6-7,9,11-12,14H,1-5,8,10H2,(H2,21,22,26). The number of carbonyl (C=O) groups excluding carboxylic acids is 1. The van der Waals surface area contributed by atoms with Crippen molar-refractivity contribution < 1.29 is 4.79 Å². The highest BCUT2D eigenvalue weighted by Gasteiger charge is 2.28. The molecule has 1 aromatic carbocycles. The summed E-state index contributed by atoms with van der Waals surface area (Å²) in [7, 11) is 0. The molecule has 26 heavy (non-hydrogen) atoms. The zero-order valence-corrected chi connectivity index (χ0v) is 14.5. The van der Waals surface area contributed by atoms with Crippen LogP contribution in [0.1, 0.15) is 31.2 Å². The molecule has 3 heterocycles. The molecule has 8 nitrogen and oxygen atoms in total. The average molecular weight is 354 g/mol. The molecular formula is C18H22N6O2. The lowest BCUT2D eigenvalue weighted by atomic mass is 10.1. The Morgan fingerprint density at radius 1 is 1.27 bits per heavy atom. The third-order valence-electron chi connectivity index (χ3n) is 5.00. The highest BCUT2D eigenvalue weighted by Crippen LogP contribution is 2.20. The first kappa shape index (κ1) is 16.6. The van der Waals surface area contributed by atoms with Gasteiger partial charge < -0.3 is 14.9 Å². The van der Waals surface area contributed by atoms with Gasteiger partial charge >= 0.3 is 5.69 Å². The van der Waals surface area contributed by atoms with Gasteiger partial charge in [0.1, 0.15) is 12.7 Å². The summed E-state index contributed by atoms with van der Waals surface area (Å²) < 4.78 is 1.79. The molecule has 1 aliphatic rings. The Hall–Kier alpha value is -2.90. The van der Waals surface area contributed by atoms with Crippen molar-refractivity contribution in [2.45, 2.75) is 44.7 Å². The van der Waals surface area contributed by atoms with E-state index in [4.69, 9.17) is 0 Å². The average Bonchev–Trinajstić information content (AvgIpc) is 3.35. The number of nitrogens with zero attached hydrogens (tertiary/aromatic N) is 4. The van der Waals surface area contributed by atoms with E-state index in [1.807, 2.05) is 23.1 Å². The number of H-pyrrole nitrogens is 2. The van der Waals surface area contributed by atoms with Crippen LogP contribution in [-0.4, -0.2) is 48.1 Å². The van der Waals surface area contributed by atoms with E-state index < -0.39 is 0 Å². The topological polar surface area (TPSA) is 99.7 Å². The van der Waals surface area contributed by atoms with Crippen LogP contribution in [0.2, 0.25) is 0 Å². The Bertz CT molecular complexity index is 942. The summed E-state index contributed by atoms with van der Waals surface area (Å²) >= 11 is 0. The second-order valence-electron chi connectivity index (χ2n) is 6.81. The molecule has 8 heteroatoms. The van der Waals surface area contributed by atoms with Crippen LogP contribution in [0, 0.1) is 0 Å². The van der Waals surface area contributed by atoms with Gasteiger partial charge in [-0.15, -0.1) is 0 Å². The number of nitrogens with one attached hydrogen (secondary N) is 2. The monoisotopic (exact) mass is 354 g/mol. The van der Waals surface area contributed by atoms with Crippen LogP contribution < -0.4 is 5.69 Å². The van der Waals surface area contributed by atoms with Gasteiger partial charge in [-0.05, 0) is 43.4 Å². The number of aryl methyl sites for hydroxylation is 1. The number of hydrogen-bond donors (Lipinski definition) is 2. The molecule has 2 N–H and O–H groups in total. The summed E-state index contributed by atoms with van der Waals surface area (Å²) in [6.45, 7) is 1.54. The first-order chi connectivity index (χ1) is 12.7. The second-order valence-corrected chi connectivity index (χ2v) is 6.81. The van der Waals surface area contributed by atoms with Crippen LogP contribution in [-0.2, 0) is 17.8 Å². The third-order valence-corrected chi connectivity index (χ3v) is 5.00. The summed E-state index contributed by atoms with van der Waals surface area (Å²) in [5.74, 6) is 0.212. The number of aromatic amines is 2. The van der Waals surface area contributed by atoms with Gasteiger partial charge in [0.05, 0.1) is 23.6 Å². The van der Waals surface area contributed by atoms with E-state index in [0.29, 0.717) is 13.0 Å². The Balaban J connectivity index is 1.31. The number of rotatable bonds is 6. The molecule has 1 saturated heterocycles. The van der Waals surface area contributed by atoms with E-state index in [0.717, 1.165) is 48.8 Å². The molecule has 3 aromatic rings. The number of likely N-dealkylation sites (tertiary alicyclic amines) is 1. The molecule has 1 fully saturated rings. The zero-order chi connectivity index (χ0) is 17.9. The quantitative estimate of drug-likeness (QED) is 0.700. The van der Waals surface area contributed by atoms with Gasteiger partial charge in [0.2, 0.25) is 5.91 Å². The number of imidazole rings is 1. The SMILES string of the molecule is O=C(CCCc1ccc2[nH]c(=O)[nH]c2c1)N1CCCC1Cn1cncn1. The number of aromatic nitrogens is 5. The van der Waals surface area contributed by atoms with E-state index >= 15 is 0 Å². The van der Waals surface area contributed by atoms with E-state index in [-0.39, 0.29) is 17.6 Å². The molecule has 1 aliphatic heterocycles. The highest BCUT2D eigenvalue weighted by atomic mass is 16.2. The van der Waals surface area contributed by atoms with Gasteiger partial charge in [0.25, 0.3) is 0 Å². The van der Waals surface area contributed by atoms with Gasteiger partial charge in [-0.25, -0.2) is 9.78 Å². The maximum absolute atomic E-state index is 12.6. The molecule has 0 bridgehead atoms. The molecule has 1 unspecified atom stereocenters. The Morgan fingerprint density at radius 3 is 3.00 bits per heavy atom. The zero-order valence-electron chi connectivity index (χ0n) is 14.5. The van der Waals surface area contributed by atoms with Gasteiger partial charge in [-0.1, -0.05) is 6.07 Å². The Labute approximate surface area is 150 Å². The largest absolute Gasteiger partial charge is 0.338 e. The van der Waals surface area contributed by atoms with Crippen molar-refractivity contribution in [1.82, 2.24) is 29.6 Å². The second kappa shape index (κ2) is 7.15. The van der Waals surface area contributed by atoms with Crippen molar-refractivity contribution in [3.63, 3.8) is 0 Å². The fourth-order valence-corrected chi connectivity index (χ4v) is 3.72. The predicted octanol–water partition coefficient (Wildman–Crippen LogP) is 1.46. The number of carbonyl (C=O) groups is 1. The van der Waals surface area contributed by atoms with Gasteiger partial charge in [0.15, 0.2) is 0 Å². The molecule has 1 atom stereocenters. The molecule has 1 amide bonds. The van der Waals surface area contributed by atoms with Crippen LogP contribution in [0.15, 0.2) is 35.6 Å². The molecule has 2 aromatic heterocycles. The maximum atomic E-state index is 12.6. The minimum atomic E-state index is -0.195. The van der Waals surface area contributed by atoms with Gasteiger partial charge in [-0.3, -0.25) is 9.48 Å². The van der Waals surface area contributed by atoms with Crippen molar-refractivity contribution in [3.05, 3.63) is 46.9 Å². The number of benzene rings is 1. The number of hydrogen-bond acceptors (Lipinski definition) is 4. The lowest BCUT2D eigenvalue weighted by Crippen LogP contribution is -2.38. The van der Waals surface area contributed by atoms with Crippen molar-refractivity contribution in [1.29, 1.82) is 0 Å². The van der Waals surface area contributed by atoms with Crippen molar-refractivity contribution >= 4 is 16.9 Å². The molecule has 0 saturated carbocycles. The van der Waals surface area contributed by atoms with E-state index in [1.165, 1.54) is 6.33 Å². The van der Waals surface area contributed by atoms with Crippen LogP contribution in [0.4, 0.5) is 0 Å². The van der Waals surface area contributed by atoms with E-state index in [2.05, 4.69) is 20.1 Å². The first-order valence-electron chi connectivity index (χ1n) is 9.02. The van der Waals surface area contributed by atoms with Gasteiger partial charge in [0, 0.05) is 13.0 Å². The van der Waals surface area contributed by atoms with Crippen LogP contribution in [0.25, 0.3) is 11.0 Å². The summed E-state index contributed by atoms with van der Waals surface area (Å²) in [5, 5.41) is 4.14. The fourth-order valence-electron chi connectivity index (χ4n) is 3.72. The predicted molar refractivity (Wildman–Crippen MR) is 96.6 cm³/mol.